The van der Waals surface area contributed by atoms with E-state index in [1.165, 1.54) is 11.3 Å². The minimum atomic E-state index is 0. The smallest absolute Gasteiger partial charge is 0.191 e. The van der Waals surface area contributed by atoms with Crippen LogP contribution in [0, 0.1) is 13.8 Å². The van der Waals surface area contributed by atoms with E-state index >= 15 is 0 Å². The van der Waals surface area contributed by atoms with E-state index in [2.05, 4.69) is 48.4 Å². The standard InChI is InChI=1S/C21H33N5O.HI/c1-7-22-21(23-14-16(3)27-19-11-9-8-10-12-19)24-15(2)13-20-17(4)25-26(6)18(20)5;/h8-12,15-16H,7,13-14H2,1-6H3,(H2,22,23,24);1H. The Morgan fingerprint density at radius 3 is 2.46 bits per heavy atom. The number of nitrogens with one attached hydrogen (secondary N) is 2. The summed E-state index contributed by atoms with van der Waals surface area (Å²) >= 11 is 0. The number of aryl methyl sites for hydroxylation is 2. The molecule has 0 saturated heterocycles. The Labute approximate surface area is 186 Å². The molecule has 7 heteroatoms. The maximum absolute atomic E-state index is 5.90. The first-order chi connectivity index (χ1) is 12.9. The maximum Gasteiger partial charge on any atom is 0.191 e. The highest BCUT2D eigenvalue weighted by molar-refractivity contribution is 14.0. The molecule has 1 aromatic carbocycles. The van der Waals surface area contributed by atoms with Crippen molar-refractivity contribution < 1.29 is 4.74 Å². The van der Waals surface area contributed by atoms with Crippen LogP contribution in [-0.2, 0) is 13.5 Å². The molecule has 156 valence electrons. The molecule has 2 rings (SSSR count). The van der Waals surface area contributed by atoms with Crippen LogP contribution in [0.3, 0.4) is 0 Å². The minimum absolute atomic E-state index is 0. The first-order valence-electron chi connectivity index (χ1n) is 9.66. The molecule has 0 saturated carbocycles. The molecular weight excluding hydrogens is 465 g/mol. The topological polar surface area (TPSA) is 63.5 Å². The van der Waals surface area contributed by atoms with Crippen LogP contribution < -0.4 is 15.4 Å². The fourth-order valence-corrected chi connectivity index (χ4v) is 3.01. The van der Waals surface area contributed by atoms with E-state index in [4.69, 9.17) is 4.74 Å². The number of aromatic nitrogens is 2. The van der Waals surface area contributed by atoms with E-state index in [9.17, 15) is 0 Å². The predicted octanol–water partition coefficient (Wildman–Crippen LogP) is 3.61. The summed E-state index contributed by atoms with van der Waals surface area (Å²) in [5.41, 5.74) is 3.61. The monoisotopic (exact) mass is 499 g/mol. The molecule has 2 unspecified atom stereocenters. The third kappa shape index (κ3) is 7.33. The van der Waals surface area contributed by atoms with Crippen molar-refractivity contribution in [3.63, 3.8) is 0 Å². The molecule has 2 N–H and O–H groups in total. The molecule has 2 atom stereocenters. The Morgan fingerprint density at radius 1 is 1.21 bits per heavy atom. The van der Waals surface area contributed by atoms with Crippen LogP contribution in [0.2, 0.25) is 0 Å². The van der Waals surface area contributed by atoms with Crippen LogP contribution in [0.15, 0.2) is 35.3 Å². The molecule has 0 aliphatic heterocycles. The summed E-state index contributed by atoms with van der Waals surface area (Å²) in [5.74, 6) is 1.68. The number of ether oxygens (including phenoxy) is 1. The fourth-order valence-electron chi connectivity index (χ4n) is 3.01. The molecule has 1 aromatic heterocycles. The second-order valence-corrected chi connectivity index (χ2v) is 6.98. The normalized spacial score (nSPS) is 13.4. The second kappa shape index (κ2) is 11.9. The summed E-state index contributed by atoms with van der Waals surface area (Å²) in [7, 11) is 1.99. The first-order valence-corrected chi connectivity index (χ1v) is 9.66. The van der Waals surface area contributed by atoms with Gasteiger partial charge in [0.25, 0.3) is 0 Å². The lowest BCUT2D eigenvalue weighted by atomic mass is 10.1. The lowest BCUT2D eigenvalue weighted by Gasteiger charge is -2.19. The van der Waals surface area contributed by atoms with Gasteiger partial charge in [0.1, 0.15) is 11.9 Å². The van der Waals surface area contributed by atoms with Crippen molar-refractivity contribution >= 4 is 29.9 Å². The van der Waals surface area contributed by atoms with E-state index in [-0.39, 0.29) is 36.1 Å². The van der Waals surface area contributed by atoms with Gasteiger partial charge in [-0.2, -0.15) is 5.10 Å². The maximum atomic E-state index is 5.90. The number of para-hydroxylation sites is 1. The minimum Gasteiger partial charge on any atom is -0.489 e. The number of hydrogen-bond donors (Lipinski definition) is 2. The molecule has 28 heavy (non-hydrogen) atoms. The van der Waals surface area contributed by atoms with Gasteiger partial charge in [-0.25, -0.2) is 4.99 Å². The molecule has 0 radical (unpaired) electrons. The fraction of sp³-hybridized carbons (Fsp3) is 0.524. The predicted molar refractivity (Wildman–Crippen MR) is 127 cm³/mol. The number of nitrogens with zero attached hydrogens (tertiary/aromatic N) is 3. The van der Waals surface area contributed by atoms with E-state index in [0.29, 0.717) is 6.54 Å². The van der Waals surface area contributed by atoms with Gasteiger partial charge in [-0.1, -0.05) is 18.2 Å². The van der Waals surface area contributed by atoms with Crippen LogP contribution in [-0.4, -0.2) is 41.0 Å². The summed E-state index contributed by atoms with van der Waals surface area (Å²) in [6, 6.07) is 10.1. The molecular formula is C21H34IN5O. The highest BCUT2D eigenvalue weighted by Gasteiger charge is 2.14. The number of halogens is 1. The molecule has 0 bridgehead atoms. The van der Waals surface area contributed by atoms with Gasteiger partial charge in [0, 0.05) is 25.3 Å². The molecule has 0 aliphatic carbocycles. The second-order valence-electron chi connectivity index (χ2n) is 6.98. The van der Waals surface area contributed by atoms with Gasteiger partial charge in [-0.3, -0.25) is 4.68 Å². The van der Waals surface area contributed by atoms with Gasteiger partial charge in [0.05, 0.1) is 12.2 Å². The van der Waals surface area contributed by atoms with Crippen molar-refractivity contribution in [1.82, 2.24) is 20.4 Å². The molecule has 0 aliphatic rings. The molecule has 2 aromatic rings. The van der Waals surface area contributed by atoms with E-state index < -0.39 is 0 Å². The van der Waals surface area contributed by atoms with Crippen LogP contribution in [0.25, 0.3) is 0 Å². The van der Waals surface area contributed by atoms with Gasteiger partial charge < -0.3 is 15.4 Å². The van der Waals surface area contributed by atoms with Gasteiger partial charge >= 0.3 is 0 Å². The Balaban J connectivity index is 0.00000392. The summed E-state index contributed by atoms with van der Waals surface area (Å²) in [6.07, 6.45) is 0.910. The van der Waals surface area contributed by atoms with Crippen LogP contribution >= 0.6 is 24.0 Å². The Bertz CT molecular complexity index is 745. The summed E-state index contributed by atoms with van der Waals surface area (Å²) in [4.78, 5) is 4.69. The van der Waals surface area contributed by atoms with Crippen LogP contribution in [0.5, 0.6) is 5.75 Å². The van der Waals surface area contributed by atoms with Gasteiger partial charge in [0.2, 0.25) is 0 Å². The lowest BCUT2D eigenvalue weighted by Crippen LogP contribution is -2.43. The van der Waals surface area contributed by atoms with Gasteiger partial charge in [-0.05, 0) is 58.7 Å². The van der Waals surface area contributed by atoms with Crippen molar-refractivity contribution in [2.75, 3.05) is 13.1 Å². The van der Waals surface area contributed by atoms with Crippen molar-refractivity contribution in [1.29, 1.82) is 0 Å². The number of rotatable bonds is 8. The van der Waals surface area contributed by atoms with E-state index in [1.54, 1.807) is 0 Å². The Kier molecular flexibility index (Phi) is 10.3. The highest BCUT2D eigenvalue weighted by atomic mass is 127. The molecule has 6 nitrogen and oxygen atoms in total. The molecule has 0 fully saturated rings. The Morgan fingerprint density at radius 2 is 1.89 bits per heavy atom. The number of guanidine groups is 1. The molecule has 0 amide bonds. The van der Waals surface area contributed by atoms with E-state index in [0.717, 1.165) is 30.4 Å². The van der Waals surface area contributed by atoms with E-state index in [1.807, 2.05) is 49.0 Å². The lowest BCUT2D eigenvalue weighted by molar-refractivity contribution is 0.230. The van der Waals surface area contributed by atoms with Crippen LogP contribution in [0.4, 0.5) is 0 Å². The summed E-state index contributed by atoms with van der Waals surface area (Å²) in [6.45, 7) is 11.9. The zero-order valence-electron chi connectivity index (χ0n) is 17.8. The average molecular weight is 499 g/mol. The number of hydrogen-bond acceptors (Lipinski definition) is 3. The summed E-state index contributed by atoms with van der Waals surface area (Å²) in [5, 5.41) is 11.3. The largest absolute Gasteiger partial charge is 0.489 e. The third-order valence-corrected chi connectivity index (χ3v) is 4.48. The molecule has 0 spiro atoms. The Hall–Kier alpha value is -1.77. The SMILES string of the molecule is CCNC(=NCC(C)Oc1ccccc1)NC(C)Cc1c(C)nn(C)c1C.I. The molecule has 1 heterocycles. The average Bonchev–Trinajstić information content (AvgIpc) is 2.87. The summed E-state index contributed by atoms with van der Waals surface area (Å²) < 4.78 is 7.85. The van der Waals surface area contributed by atoms with Crippen LogP contribution in [0.1, 0.15) is 37.7 Å². The number of aliphatic imine (C=N–C) groups is 1. The van der Waals surface area contributed by atoms with Gasteiger partial charge in [0.15, 0.2) is 5.96 Å². The zero-order chi connectivity index (χ0) is 19.8. The zero-order valence-corrected chi connectivity index (χ0v) is 20.2. The number of benzene rings is 1. The van der Waals surface area contributed by atoms with Gasteiger partial charge in [-0.15, -0.1) is 24.0 Å². The van der Waals surface area contributed by atoms with Crippen molar-refractivity contribution in [3.05, 3.63) is 47.3 Å². The quantitative estimate of drug-likeness (QED) is 0.331. The third-order valence-electron chi connectivity index (χ3n) is 4.48. The van der Waals surface area contributed by atoms with Crippen molar-refractivity contribution in [3.8, 4) is 5.75 Å². The first kappa shape index (κ1) is 24.3. The van der Waals surface area contributed by atoms with Crippen molar-refractivity contribution in [2.24, 2.45) is 12.0 Å². The van der Waals surface area contributed by atoms with Crippen molar-refractivity contribution in [2.45, 2.75) is 53.2 Å². The highest BCUT2D eigenvalue weighted by Crippen LogP contribution is 2.14.